The number of aryl methyl sites for hydroxylation is 1. The number of halogens is 1. The van der Waals surface area contributed by atoms with E-state index < -0.39 is 15.3 Å². The number of carbonyl (C=O) groups is 1. The molecule has 2 rings (SSSR count). The number of nitrogens with zero attached hydrogens (tertiary/aromatic N) is 1. The molecule has 1 fully saturated rings. The average molecular weight is 345 g/mol. The lowest BCUT2D eigenvalue weighted by Crippen LogP contribution is -2.40. The molecule has 1 saturated heterocycles. The van der Waals surface area contributed by atoms with Crippen LogP contribution in [0.5, 0.6) is 0 Å². The Morgan fingerprint density at radius 1 is 1.41 bits per heavy atom. The van der Waals surface area contributed by atoms with E-state index in [9.17, 15) is 13.2 Å². The largest absolute Gasteiger partial charge is 0.337 e. The van der Waals surface area contributed by atoms with Gasteiger partial charge >= 0.3 is 0 Å². The third-order valence-electron chi connectivity index (χ3n) is 3.63. The van der Waals surface area contributed by atoms with E-state index >= 15 is 0 Å². The van der Waals surface area contributed by atoms with Gasteiger partial charge in [-0.25, -0.2) is 13.1 Å². The summed E-state index contributed by atoms with van der Waals surface area (Å²) in [5.74, 6) is -0.216. The van der Waals surface area contributed by atoms with Crippen molar-refractivity contribution in [2.75, 3.05) is 13.1 Å². The van der Waals surface area contributed by atoms with E-state index in [2.05, 4.69) is 4.72 Å². The second-order valence-electron chi connectivity index (χ2n) is 5.96. The Labute approximate surface area is 136 Å². The lowest BCUT2D eigenvalue weighted by molar-refractivity contribution is 0.0793. The van der Waals surface area contributed by atoms with Gasteiger partial charge in [-0.3, -0.25) is 4.79 Å². The summed E-state index contributed by atoms with van der Waals surface area (Å²) in [5.41, 5.74) is 1.40. The second-order valence-corrected chi connectivity index (χ2v) is 8.36. The van der Waals surface area contributed by atoms with Gasteiger partial charge in [-0.2, -0.15) is 0 Å². The molecule has 0 aliphatic carbocycles. The summed E-state index contributed by atoms with van der Waals surface area (Å²) in [7, 11) is -3.40. The Morgan fingerprint density at radius 3 is 2.68 bits per heavy atom. The molecule has 1 heterocycles. The van der Waals surface area contributed by atoms with E-state index in [1.54, 1.807) is 30.9 Å². The summed E-state index contributed by atoms with van der Waals surface area (Å²) in [4.78, 5) is 14.1. The van der Waals surface area contributed by atoms with Crippen LogP contribution in [0.25, 0.3) is 0 Å². The summed E-state index contributed by atoms with van der Waals surface area (Å²) in [5, 5.41) is -0.167. The third-order valence-corrected chi connectivity index (χ3v) is 6.00. The molecule has 0 aromatic heterocycles. The highest BCUT2D eigenvalue weighted by molar-refractivity contribution is 7.90. The molecular weight excluding hydrogens is 324 g/mol. The molecule has 7 heteroatoms. The monoisotopic (exact) mass is 344 g/mol. The first-order valence-electron chi connectivity index (χ1n) is 7.27. The van der Waals surface area contributed by atoms with Crippen molar-refractivity contribution in [2.45, 2.75) is 38.5 Å². The maximum absolute atomic E-state index is 12.5. The van der Waals surface area contributed by atoms with Gasteiger partial charge < -0.3 is 4.90 Å². The summed E-state index contributed by atoms with van der Waals surface area (Å²) in [6.07, 6.45) is 0.442. The predicted octanol–water partition coefficient (Wildman–Crippen LogP) is 2.19. The van der Waals surface area contributed by atoms with Gasteiger partial charge in [0.05, 0.1) is 15.8 Å². The number of sulfonamides is 1. The first kappa shape index (κ1) is 17.2. The van der Waals surface area contributed by atoms with Crippen molar-refractivity contribution in [3.63, 3.8) is 0 Å². The molecule has 122 valence electrons. The summed E-state index contributed by atoms with van der Waals surface area (Å²) in [6, 6.07) is 5.10. The molecule has 5 nitrogen and oxygen atoms in total. The van der Waals surface area contributed by atoms with E-state index in [1.165, 1.54) is 0 Å². The fourth-order valence-corrected chi connectivity index (χ4v) is 4.51. The van der Waals surface area contributed by atoms with E-state index in [0.717, 1.165) is 5.56 Å². The molecule has 1 amide bonds. The van der Waals surface area contributed by atoms with Crippen molar-refractivity contribution in [1.82, 2.24) is 9.62 Å². The van der Waals surface area contributed by atoms with Crippen molar-refractivity contribution in [3.8, 4) is 0 Å². The Balaban J connectivity index is 2.11. The smallest absolute Gasteiger partial charge is 0.255 e. The Bertz CT molecular complexity index is 673. The predicted molar refractivity (Wildman–Crippen MR) is 87.7 cm³/mol. The molecule has 1 atom stereocenters. The summed E-state index contributed by atoms with van der Waals surface area (Å²) in [6.45, 7) is 6.08. The van der Waals surface area contributed by atoms with Crippen molar-refractivity contribution in [3.05, 3.63) is 34.3 Å². The molecule has 0 bridgehead atoms. The van der Waals surface area contributed by atoms with E-state index in [4.69, 9.17) is 11.6 Å². The molecule has 1 aliphatic heterocycles. The zero-order chi connectivity index (χ0) is 16.5. The molecule has 0 radical (unpaired) electrons. The number of carbonyl (C=O) groups excluding carboxylic acids is 1. The minimum Gasteiger partial charge on any atom is -0.337 e. The number of amides is 1. The highest BCUT2D eigenvalue weighted by Gasteiger charge is 2.36. The number of nitrogens with one attached hydrogen (secondary N) is 1. The average Bonchev–Trinajstić information content (AvgIpc) is 2.86. The molecule has 1 aromatic rings. The van der Waals surface area contributed by atoms with Crippen LogP contribution >= 0.6 is 11.6 Å². The highest BCUT2D eigenvalue weighted by Crippen LogP contribution is 2.23. The van der Waals surface area contributed by atoms with Gasteiger partial charge in [0, 0.05) is 19.1 Å². The maximum atomic E-state index is 12.5. The standard InChI is InChI=1S/C15H21ClN2O3S/c1-10(2)17-22(20,21)12-6-7-18(9-12)15(19)13-5-4-11(3)8-14(13)16/h4-5,8,10,12,17H,6-7,9H2,1-3H3. The quantitative estimate of drug-likeness (QED) is 0.910. The zero-order valence-electron chi connectivity index (χ0n) is 13.0. The molecule has 1 unspecified atom stereocenters. The maximum Gasteiger partial charge on any atom is 0.255 e. The van der Waals surface area contributed by atoms with Crippen LogP contribution in [0.15, 0.2) is 18.2 Å². The number of benzene rings is 1. The van der Waals surface area contributed by atoms with Gasteiger partial charge in [0.2, 0.25) is 10.0 Å². The van der Waals surface area contributed by atoms with Crippen LogP contribution in [0.4, 0.5) is 0 Å². The van der Waals surface area contributed by atoms with Gasteiger partial charge in [0.15, 0.2) is 0 Å². The fourth-order valence-electron chi connectivity index (χ4n) is 2.55. The minimum absolute atomic E-state index is 0.152. The molecule has 0 saturated carbocycles. The van der Waals surface area contributed by atoms with E-state index in [0.29, 0.717) is 23.6 Å². The van der Waals surface area contributed by atoms with Crippen molar-refractivity contribution >= 4 is 27.5 Å². The van der Waals surface area contributed by atoms with E-state index in [-0.39, 0.29) is 18.5 Å². The van der Waals surface area contributed by atoms with Crippen molar-refractivity contribution in [1.29, 1.82) is 0 Å². The van der Waals surface area contributed by atoms with Gasteiger partial charge in [0.1, 0.15) is 0 Å². The molecule has 1 N–H and O–H groups in total. The SMILES string of the molecule is Cc1ccc(C(=O)N2CCC(S(=O)(=O)NC(C)C)C2)c(Cl)c1. The molecule has 22 heavy (non-hydrogen) atoms. The van der Waals surface area contributed by atoms with Crippen molar-refractivity contribution in [2.24, 2.45) is 0 Å². The van der Waals surface area contributed by atoms with Gasteiger partial charge in [-0.05, 0) is 44.9 Å². The number of likely N-dealkylation sites (tertiary alicyclic amines) is 1. The van der Waals surface area contributed by atoms with Crippen LogP contribution in [0, 0.1) is 6.92 Å². The topological polar surface area (TPSA) is 66.5 Å². The molecule has 1 aliphatic rings. The van der Waals surface area contributed by atoms with Gasteiger partial charge in [0.25, 0.3) is 5.91 Å². The first-order chi connectivity index (χ1) is 10.2. The zero-order valence-corrected chi connectivity index (χ0v) is 14.5. The van der Waals surface area contributed by atoms with Crippen LogP contribution < -0.4 is 4.72 Å². The highest BCUT2D eigenvalue weighted by atomic mass is 35.5. The summed E-state index contributed by atoms with van der Waals surface area (Å²) < 4.78 is 27.0. The third kappa shape index (κ3) is 3.80. The van der Waals surface area contributed by atoms with Crippen LogP contribution in [0.2, 0.25) is 5.02 Å². The Kier molecular flexibility index (Phi) is 5.14. The van der Waals surface area contributed by atoms with E-state index in [1.807, 2.05) is 13.0 Å². The molecule has 1 aromatic carbocycles. The number of hydrogen-bond donors (Lipinski definition) is 1. The Hall–Kier alpha value is -1.11. The lowest BCUT2D eigenvalue weighted by atomic mass is 10.1. The van der Waals surface area contributed by atoms with Gasteiger partial charge in [-0.15, -0.1) is 0 Å². The van der Waals surface area contributed by atoms with Crippen LogP contribution in [-0.2, 0) is 10.0 Å². The number of hydrogen-bond acceptors (Lipinski definition) is 3. The molecule has 0 spiro atoms. The first-order valence-corrected chi connectivity index (χ1v) is 9.19. The van der Waals surface area contributed by atoms with Crippen LogP contribution in [0.3, 0.4) is 0 Å². The van der Waals surface area contributed by atoms with Crippen LogP contribution in [0.1, 0.15) is 36.2 Å². The Morgan fingerprint density at radius 2 is 2.09 bits per heavy atom. The normalized spacial score (nSPS) is 19.0. The van der Waals surface area contributed by atoms with Gasteiger partial charge in [-0.1, -0.05) is 17.7 Å². The summed E-state index contributed by atoms with van der Waals surface area (Å²) >= 11 is 6.12. The molecular formula is C15H21ClN2O3S. The van der Waals surface area contributed by atoms with Crippen LogP contribution in [-0.4, -0.2) is 43.6 Å². The lowest BCUT2D eigenvalue weighted by Gasteiger charge is -2.18. The van der Waals surface area contributed by atoms with Crippen molar-refractivity contribution < 1.29 is 13.2 Å². The number of rotatable bonds is 4. The minimum atomic E-state index is -3.40. The second kappa shape index (κ2) is 6.56. The fraction of sp³-hybridized carbons (Fsp3) is 0.533.